The largest absolute Gasteiger partial charge is 0.504 e. The Bertz CT molecular complexity index is 502. The first-order valence-electron chi connectivity index (χ1n) is 6.28. The zero-order chi connectivity index (χ0) is 13.7. The molecule has 2 rings (SSSR count). The van der Waals surface area contributed by atoms with E-state index in [4.69, 9.17) is 10.00 Å². The number of carbonyl (C=O) groups is 1. The molecular weight excluding hydrogens is 244 g/mol. The molecule has 0 heterocycles. The van der Waals surface area contributed by atoms with Crippen molar-refractivity contribution < 1.29 is 14.6 Å². The molecule has 0 bridgehead atoms. The fourth-order valence-corrected chi connectivity index (χ4v) is 2.27. The Balaban J connectivity index is 1.89. The first-order valence-corrected chi connectivity index (χ1v) is 6.28. The minimum atomic E-state index is -0.737. The van der Waals surface area contributed by atoms with Gasteiger partial charge in [0.25, 0.3) is 5.91 Å². The lowest BCUT2D eigenvalue weighted by Crippen LogP contribution is -2.47. The lowest BCUT2D eigenvalue weighted by atomic mass is 10.00. The van der Waals surface area contributed by atoms with Crippen molar-refractivity contribution in [2.75, 3.05) is 6.61 Å². The fourth-order valence-electron chi connectivity index (χ4n) is 2.27. The average molecular weight is 260 g/mol. The lowest BCUT2D eigenvalue weighted by Gasteiger charge is -2.21. The molecule has 100 valence electrons. The molecule has 1 aromatic rings. The topological polar surface area (TPSA) is 82.4 Å². The molecular formula is C14H16N2O3. The first-order chi connectivity index (χ1) is 9.15. The maximum Gasteiger partial charge on any atom is 0.259 e. The molecule has 0 unspecified atom stereocenters. The summed E-state index contributed by atoms with van der Waals surface area (Å²) in [7, 11) is 0. The molecule has 0 aliphatic heterocycles. The molecule has 1 amide bonds. The van der Waals surface area contributed by atoms with E-state index in [1.807, 2.05) is 0 Å². The lowest BCUT2D eigenvalue weighted by molar-refractivity contribution is -0.124. The van der Waals surface area contributed by atoms with Gasteiger partial charge in [0.05, 0.1) is 6.07 Å². The van der Waals surface area contributed by atoms with Crippen molar-refractivity contribution in [1.82, 2.24) is 5.32 Å². The van der Waals surface area contributed by atoms with Gasteiger partial charge in [-0.2, -0.15) is 5.26 Å². The highest BCUT2D eigenvalue weighted by atomic mass is 16.5. The smallest absolute Gasteiger partial charge is 0.259 e. The van der Waals surface area contributed by atoms with E-state index in [9.17, 15) is 9.90 Å². The molecule has 1 aliphatic rings. The number of benzene rings is 1. The highest BCUT2D eigenvalue weighted by Crippen LogP contribution is 2.29. The summed E-state index contributed by atoms with van der Waals surface area (Å²) >= 11 is 0. The number of nitrogens with zero attached hydrogens (tertiary/aromatic N) is 1. The van der Waals surface area contributed by atoms with Gasteiger partial charge in [-0.1, -0.05) is 12.1 Å². The average Bonchev–Trinajstić information content (AvgIpc) is 2.87. The van der Waals surface area contributed by atoms with Gasteiger partial charge < -0.3 is 15.2 Å². The third-order valence-corrected chi connectivity index (χ3v) is 3.27. The second-order valence-electron chi connectivity index (χ2n) is 4.71. The number of ether oxygens (including phenoxy) is 1. The van der Waals surface area contributed by atoms with Crippen molar-refractivity contribution in [3.8, 4) is 17.6 Å². The highest BCUT2D eigenvalue weighted by molar-refractivity contribution is 5.79. The van der Waals surface area contributed by atoms with Crippen molar-refractivity contribution in [1.29, 1.82) is 5.26 Å². The van der Waals surface area contributed by atoms with Crippen molar-refractivity contribution in [3.05, 3.63) is 24.3 Å². The number of hydrogen-bond acceptors (Lipinski definition) is 4. The number of phenols is 1. The molecule has 2 N–H and O–H groups in total. The molecule has 1 saturated carbocycles. The number of nitriles is 1. The monoisotopic (exact) mass is 260 g/mol. The standard InChI is InChI=1S/C14H16N2O3/c15-10-14(7-3-4-8-14)16-13(18)9-19-12-6-2-1-5-11(12)17/h1-2,5-6,17H,3-4,7-9H2,(H,16,18). The van der Waals surface area contributed by atoms with Crippen LogP contribution in [0.5, 0.6) is 11.5 Å². The van der Waals surface area contributed by atoms with Crippen LogP contribution in [0.4, 0.5) is 0 Å². The Morgan fingerprint density at radius 1 is 1.42 bits per heavy atom. The second kappa shape index (κ2) is 5.61. The normalized spacial score (nSPS) is 16.6. The summed E-state index contributed by atoms with van der Waals surface area (Å²) in [4.78, 5) is 11.8. The molecule has 1 aromatic carbocycles. The molecule has 1 fully saturated rings. The molecule has 0 aromatic heterocycles. The van der Waals surface area contributed by atoms with E-state index in [0.717, 1.165) is 12.8 Å². The molecule has 0 saturated heterocycles. The number of amides is 1. The summed E-state index contributed by atoms with van der Waals surface area (Å²) in [6.45, 7) is -0.207. The molecule has 19 heavy (non-hydrogen) atoms. The zero-order valence-corrected chi connectivity index (χ0v) is 10.6. The van der Waals surface area contributed by atoms with Crippen molar-refractivity contribution >= 4 is 5.91 Å². The van der Waals surface area contributed by atoms with Crippen LogP contribution in [0.1, 0.15) is 25.7 Å². The number of hydrogen-bond donors (Lipinski definition) is 2. The van der Waals surface area contributed by atoms with Gasteiger partial charge in [-0.15, -0.1) is 0 Å². The molecule has 0 atom stereocenters. The van der Waals surface area contributed by atoms with Gasteiger partial charge in [0, 0.05) is 0 Å². The number of para-hydroxylation sites is 2. The number of carbonyl (C=O) groups excluding carboxylic acids is 1. The van der Waals surface area contributed by atoms with E-state index in [0.29, 0.717) is 12.8 Å². The van der Waals surface area contributed by atoms with E-state index < -0.39 is 5.54 Å². The van der Waals surface area contributed by atoms with Gasteiger partial charge in [0.2, 0.25) is 0 Å². The maximum atomic E-state index is 11.8. The van der Waals surface area contributed by atoms with Crippen LogP contribution >= 0.6 is 0 Å². The summed E-state index contributed by atoms with van der Waals surface area (Å²) in [5.74, 6) is -0.0899. The number of phenolic OH excluding ortho intramolecular Hbond substituents is 1. The quantitative estimate of drug-likeness (QED) is 0.863. The van der Waals surface area contributed by atoms with E-state index in [2.05, 4.69) is 11.4 Å². The van der Waals surface area contributed by atoms with Crippen LogP contribution in [0.2, 0.25) is 0 Å². The Morgan fingerprint density at radius 2 is 2.11 bits per heavy atom. The van der Waals surface area contributed by atoms with Crippen LogP contribution in [-0.2, 0) is 4.79 Å². The van der Waals surface area contributed by atoms with Crippen LogP contribution in [-0.4, -0.2) is 23.2 Å². The van der Waals surface area contributed by atoms with Gasteiger partial charge >= 0.3 is 0 Å². The van der Waals surface area contributed by atoms with Gasteiger partial charge in [-0.25, -0.2) is 0 Å². The Kier molecular flexibility index (Phi) is 3.91. The third-order valence-electron chi connectivity index (χ3n) is 3.27. The van der Waals surface area contributed by atoms with Crippen LogP contribution < -0.4 is 10.1 Å². The summed E-state index contributed by atoms with van der Waals surface area (Å²) in [6, 6.07) is 8.63. The summed E-state index contributed by atoms with van der Waals surface area (Å²) in [5, 5.41) is 21.4. The summed E-state index contributed by atoms with van der Waals surface area (Å²) in [6.07, 6.45) is 3.28. The van der Waals surface area contributed by atoms with E-state index in [-0.39, 0.29) is 24.0 Å². The number of aromatic hydroxyl groups is 1. The van der Waals surface area contributed by atoms with Gasteiger partial charge in [-0.3, -0.25) is 4.79 Å². The summed E-state index contributed by atoms with van der Waals surface area (Å²) in [5.41, 5.74) is -0.737. The van der Waals surface area contributed by atoms with Crippen molar-refractivity contribution in [3.63, 3.8) is 0 Å². The Morgan fingerprint density at radius 3 is 2.74 bits per heavy atom. The Labute approximate surface area is 111 Å². The number of nitrogens with one attached hydrogen (secondary N) is 1. The fraction of sp³-hybridized carbons (Fsp3) is 0.429. The predicted octanol–water partition coefficient (Wildman–Crippen LogP) is 1.72. The SMILES string of the molecule is N#CC1(NC(=O)COc2ccccc2O)CCCC1. The third kappa shape index (κ3) is 3.16. The van der Waals surface area contributed by atoms with E-state index >= 15 is 0 Å². The predicted molar refractivity (Wildman–Crippen MR) is 68.6 cm³/mol. The molecule has 0 radical (unpaired) electrons. The molecule has 5 heteroatoms. The summed E-state index contributed by atoms with van der Waals surface area (Å²) < 4.78 is 5.23. The van der Waals surface area contributed by atoms with Crippen LogP contribution in [0.3, 0.4) is 0 Å². The molecule has 1 aliphatic carbocycles. The maximum absolute atomic E-state index is 11.8. The van der Waals surface area contributed by atoms with E-state index in [1.54, 1.807) is 18.2 Å². The highest BCUT2D eigenvalue weighted by Gasteiger charge is 2.35. The van der Waals surface area contributed by atoms with Gasteiger partial charge in [0.1, 0.15) is 5.54 Å². The van der Waals surface area contributed by atoms with Gasteiger partial charge in [-0.05, 0) is 37.8 Å². The molecule has 5 nitrogen and oxygen atoms in total. The van der Waals surface area contributed by atoms with E-state index in [1.165, 1.54) is 6.07 Å². The minimum absolute atomic E-state index is 0.00818. The second-order valence-corrected chi connectivity index (χ2v) is 4.71. The molecule has 0 spiro atoms. The van der Waals surface area contributed by atoms with Gasteiger partial charge in [0.15, 0.2) is 18.1 Å². The van der Waals surface area contributed by atoms with Crippen LogP contribution in [0.25, 0.3) is 0 Å². The zero-order valence-electron chi connectivity index (χ0n) is 10.6. The van der Waals surface area contributed by atoms with Crippen LogP contribution in [0, 0.1) is 11.3 Å². The first kappa shape index (κ1) is 13.2. The van der Waals surface area contributed by atoms with Crippen molar-refractivity contribution in [2.45, 2.75) is 31.2 Å². The van der Waals surface area contributed by atoms with Crippen molar-refractivity contribution in [2.24, 2.45) is 0 Å². The Hall–Kier alpha value is -2.22. The van der Waals surface area contributed by atoms with Crippen LogP contribution in [0.15, 0.2) is 24.3 Å². The number of rotatable bonds is 4. The minimum Gasteiger partial charge on any atom is -0.504 e.